The molecule has 6 nitrogen and oxygen atoms in total. The van der Waals surface area contributed by atoms with E-state index >= 15 is 0 Å². The molecule has 1 N–H and O–H groups in total. The highest BCUT2D eigenvalue weighted by Crippen LogP contribution is 2.39. The van der Waals surface area contributed by atoms with Gasteiger partial charge in [-0.1, -0.05) is 42.1 Å². The van der Waals surface area contributed by atoms with Crippen molar-refractivity contribution in [3.63, 3.8) is 0 Å². The monoisotopic (exact) mass is 400 g/mol. The van der Waals surface area contributed by atoms with Gasteiger partial charge in [0.05, 0.1) is 31.9 Å². The minimum atomic E-state index is 0.218. The van der Waals surface area contributed by atoms with E-state index in [1.54, 1.807) is 4.90 Å². The third-order valence-electron chi connectivity index (χ3n) is 6.00. The highest BCUT2D eigenvalue weighted by atomic mass is 32.2. The average Bonchev–Trinajstić information content (AvgIpc) is 3.51. The van der Waals surface area contributed by atoms with Gasteiger partial charge < -0.3 is 14.4 Å². The average molecular weight is 401 g/mol. The Morgan fingerprint density at radius 1 is 1.21 bits per heavy atom. The SMILES string of the molecule is CCn1c(SCC(=O)N2CC[NH+]([C@@H](C)c3ccccc3)CC2)nnc1C1CC1. The van der Waals surface area contributed by atoms with E-state index in [4.69, 9.17) is 0 Å². The van der Waals surface area contributed by atoms with Crippen LogP contribution in [0.3, 0.4) is 0 Å². The lowest BCUT2D eigenvalue weighted by molar-refractivity contribution is -0.933. The van der Waals surface area contributed by atoms with E-state index < -0.39 is 0 Å². The molecule has 0 unspecified atom stereocenters. The smallest absolute Gasteiger partial charge is 0.233 e. The first-order chi connectivity index (χ1) is 13.7. The molecule has 7 heteroatoms. The second-order valence-electron chi connectivity index (χ2n) is 7.82. The zero-order chi connectivity index (χ0) is 19.5. The molecular formula is C21H30N5OS+. The largest absolute Gasteiger partial charge is 0.331 e. The van der Waals surface area contributed by atoms with Crippen LogP contribution in [-0.2, 0) is 11.3 Å². The summed E-state index contributed by atoms with van der Waals surface area (Å²) in [6.45, 7) is 8.95. The molecule has 1 saturated heterocycles. The minimum absolute atomic E-state index is 0.218. The van der Waals surface area contributed by atoms with E-state index in [9.17, 15) is 4.79 Å². The van der Waals surface area contributed by atoms with Crippen LogP contribution in [0.25, 0.3) is 0 Å². The molecule has 2 aliphatic rings. The summed E-state index contributed by atoms with van der Waals surface area (Å²) < 4.78 is 2.18. The summed E-state index contributed by atoms with van der Waals surface area (Å²) >= 11 is 1.53. The summed E-state index contributed by atoms with van der Waals surface area (Å²) in [7, 11) is 0. The third kappa shape index (κ3) is 4.25. The van der Waals surface area contributed by atoms with Crippen molar-refractivity contribution in [2.45, 2.75) is 50.4 Å². The van der Waals surface area contributed by atoms with Crippen molar-refractivity contribution in [3.8, 4) is 0 Å². The zero-order valence-electron chi connectivity index (χ0n) is 16.8. The van der Waals surface area contributed by atoms with Crippen molar-refractivity contribution < 1.29 is 9.69 Å². The molecule has 2 aromatic rings. The maximum absolute atomic E-state index is 12.7. The maximum Gasteiger partial charge on any atom is 0.233 e. The first-order valence-corrected chi connectivity index (χ1v) is 11.4. The normalized spacial score (nSPS) is 19.0. The second kappa shape index (κ2) is 8.66. The lowest BCUT2D eigenvalue weighted by atomic mass is 10.1. The zero-order valence-corrected chi connectivity index (χ0v) is 17.6. The molecule has 0 bridgehead atoms. The summed E-state index contributed by atoms with van der Waals surface area (Å²) in [6.07, 6.45) is 2.44. The first-order valence-electron chi connectivity index (χ1n) is 10.4. The molecule has 1 aromatic carbocycles. The van der Waals surface area contributed by atoms with Crippen molar-refractivity contribution >= 4 is 17.7 Å². The highest BCUT2D eigenvalue weighted by molar-refractivity contribution is 7.99. The fourth-order valence-electron chi connectivity index (χ4n) is 4.02. The van der Waals surface area contributed by atoms with Gasteiger partial charge >= 0.3 is 0 Å². The Kier molecular flexibility index (Phi) is 6.01. The van der Waals surface area contributed by atoms with Crippen LogP contribution in [0.4, 0.5) is 0 Å². The van der Waals surface area contributed by atoms with E-state index in [1.165, 1.54) is 30.2 Å². The van der Waals surface area contributed by atoms with Gasteiger partial charge in [-0.2, -0.15) is 0 Å². The molecule has 4 rings (SSSR count). The maximum atomic E-state index is 12.7. The van der Waals surface area contributed by atoms with Gasteiger partial charge in [-0.05, 0) is 26.7 Å². The lowest BCUT2D eigenvalue weighted by Crippen LogP contribution is -3.14. The number of quaternary nitrogens is 1. The molecule has 2 fully saturated rings. The Labute approximate surface area is 171 Å². The van der Waals surface area contributed by atoms with Crippen LogP contribution < -0.4 is 4.90 Å². The molecule has 150 valence electrons. The van der Waals surface area contributed by atoms with Gasteiger partial charge in [0.15, 0.2) is 5.16 Å². The first kappa shape index (κ1) is 19.5. The van der Waals surface area contributed by atoms with Crippen molar-refractivity contribution in [1.29, 1.82) is 0 Å². The molecule has 28 heavy (non-hydrogen) atoms. The number of rotatable bonds is 7. The van der Waals surface area contributed by atoms with E-state index in [0.29, 0.717) is 17.7 Å². The number of nitrogens with one attached hydrogen (secondary N) is 1. The van der Waals surface area contributed by atoms with Gasteiger partial charge in [0, 0.05) is 18.0 Å². The molecule has 0 radical (unpaired) electrons. The fraction of sp³-hybridized carbons (Fsp3) is 0.571. The molecule has 1 aliphatic heterocycles. The van der Waals surface area contributed by atoms with Gasteiger partial charge in [-0.25, -0.2) is 0 Å². The summed E-state index contributed by atoms with van der Waals surface area (Å²) in [6, 6.07) is 11.1. The van der Waals surface area contributed by atoms with Crippen molar-refractivity contribution in [2.24, 2.45) is 0 Å². The number of piperazine rings is 1. The van der Waals surface area contributed by atoms with Crippen LogP contribution in [0.15, 0.2) is 35.5 Å². The lowest BCUT2D eigenvalue weighted by Gasteiger charge is -2.35. The second-order valence-corrected chi connectivity index (χ2v) is 8.76. The van der Waals surface area contributed by atoms with E-state index in [-0.39, 0.29) is 5.91 Å². The molecular weight excluding hydrogens is 370 g/mol. The Balaban J connectivity index is 1.28. The Morgan fingerprint density at radius 2 is 1.93 bits per heavy atom. The van der Waals surface area contributed by atoms with Crippen LogP contribution in [-0.4, -0.2) is 57.5 Å². The Bertz CT molecular complexity index is 796. The molecule has 1 aromatic heterocycles. The number of hydrogen-bond donors (Lipinski definition) is 1. The predicted molar refractivity (Wildman–Crippen MR) is 111 cm³/mol. The molecule has 2 heterocycles. The molecule has 1 saturated carbocycles. The van der Waals surface area contributed by atoms with Crippen LogP contribution in [0.1, 0.15) is 50.0 Å². The van der Waals surface area contributed by atoms with Crippen molar-refractivity contribution in [3.05, 3.63) is 41.7 Å². The van der Waals surface area contributed by atoms with Crippen LogP contribution >= 0.6 is 11.8 Å². The Morgan fingerprint density at radius 3 is 2.57 bits per heavy atom. The highest BCUT2D eigenvalue weighted by Gasteiger charge is 2.31. The van der Waals surface area contributed by atoms with Crippen molar-refractivity contribution in [2.75, 3.05) is 31.9 Å². The fourth-order valence-corrected chi connectivity index (χ4v) is 4.93. The van der Waals surface area contributed by atoms with E-state index in [0.717, 1.165) is 43.7 Å². The summed E-state index contributed by atoms with van der Waals surface area (Å²) in [4.78, 5) is 16.3. The van der Waals surface area contributed by atoms with Crippen LogP contribution in [0.2, 0.25) is 0 Å². The molecule has 0 spiro atoms. The number of aromatic nitrogens is 3. The van der Waals surface area contributed by atoms with Gasteiger partial charge in [0.2, 0.25) is 5.91 Å². The number of thioether (sulfide) groups is 1. The number of carbonyl (C=O) groups excluding carboxylic acids is 1. The van der Waals surface area contributed by atoms with Gasteiger partial charge in [-0.3, -0.25) is 4.79 Å². The van der Waals surface area contributed by atoms with Gasteiger partial charge in [0.25, 0.3) is 0 Å². The Hall–Kier alpha value is -1.86. The topological polar surface area (TPSA) is 55.5 Å². The quantitative estimate of drug-likeness (QED) is 0.720. The van der Waals surface area contributed by atoms with Gasteiger partial charge in [0.1, 0.15) is 11.9 Å². The molecule has 1 aliphatic carbocycles. The number of nitrogens with zero attached hydrogens (tertiary/aromatic N) is 4. The minimum Gasteiger partial charge on any atom is -0.331 e. The van der Waals surface area contributed by atoms with Crippen LogP contribution in [0, 0.1) is 0 Å². The number of hydrogen-bond acceptors (Lipinski definition) is 4. The molecule has 1 amide bonds. The van der Waals surface area contributed by atoms with Crippen LogP contribution in [0.5, 0.6) is 0 Å². The third-order valence-corrected chi connectivity index (χ3v) is 6.95. The predicted octanol–water partition coefficient (Wildman–Crippen LogP) is 1.76. The standard InChI is InChI=1S/C21H29N5OS/c1-3-26-20(18-9-10-18)22-23-21(26)28-15-19(27)25-13-11-24(12-14-25)16(2)17-7-5-4-6-8-17/h4-8,16,18H,3,9-15H2,1-2H3/p+1/t16-/m0/s1. The van der Waals surface area contributed by atoms with Crippen molar-refractivity contribution in [1.82, 2.24) is 19.7 Å². The number of amides is 1. The number of benzene rings is 1. The number of carbonyl (C=O) groups is 1. The van der Waals surface area contributed by atoms with E-state index in [1.807, 2.05) is 4.90 Å². The summed E-state index contributed by atoms with van der Waals surface area (Å²) in [5.74, 6) is 2.35. The van der Waals surface area contributed by atoms with Gasteiger partial charge in [-0.15, -0.1) is 10.2 Å². The summed E-state index contributed by atoms with van der Waals surface area (Å²) in [5.41, 5.74) is 1.37. The molecule has 1 atom stereocenters. The summed E-state index contributed by atoms with van der Waals surface area (Å²) in [5, 5.41) is 9.59. The van der Waals surface area contributed by atoms with E-state index in [2.05, 4.69) is 58.9 Å².